The van der Waals surface area contributed by atoms with E-state index in [-0.39, 0.29) is 0 Å². The molecule has 11 aromatic rings. The van der Waals surface area contributed by atoms with Gasteiger partial charge in [-0.2, -0.15) is 0 Å². The van der Waals surface area contributed by atoms with Gasteiger partial charge in [0.05, 0.1) is 22.6 Å². The van der Waals surface area contributed by atoms with Crippen LogP contribution >= 0.6 is 0 Å². The summed E-state index contributed by atoms with van der Waals surface area (Å²) in [4.78, 5) is 20.4. The topological polar surface area (TPSA) is 64.7 Å². The van der Waals surface area contributed by atoms with E-state index in [1.165, 1.54) is 0 Å². The van der Waals surface area contributed by atoms with Gasteiger partial charge in [0.2, 0.25) is 0 Å². The van der Waals surface area contributed by atoms with Crippen LogP contribution in [0.1, 0.15) is 0 Å². The van der Waals surface area contributed by atoms with Crippen molar-refractivity contribution in [3.8, 4) is 67.7 Å². The number of fused-ring (bicyclic) bond motifs is 5. The number of aromatic nitrogens is 4. The molecule has 0 N–H and O–H groups in total. The van der Waals surface area contributed by atoms with Crippen molar-refractivity contribution in [1.82, 2.24) is 19.9 Å². The molecule has 0 radical (unpaired) electrons. The summed E-state index contributed by atoms with van der Waals surface area (Å²) in [5.74, 6) is 0.589. The molecular weight excluding hydrogens is 697 g/mol. The van der Waals surface area contributed by atoms with Crippen LogP contribution < -0.4 is 0 Å². The van der Waals surface area contributed by atoms with Gasteiger partial charge in [-0.05, 0) is 52.2 Å². The third-order valence-electron chi connectivity index (χ3n) is 10.7. The molecule has 0 fully saturated rings. The normalized spacial score (nSPS) is 11.5. The van der Waals surface area contributed by atoms with Crippen LogP contribution in [0.15, 0.2) is 199 Å². The van der Waals surface area contributed by atoms with Crippen molar-refractivity contribution in [2.45, 2.75) is 0 Å². The predicted molar refractivity (Wildman–Crippen MR) is 233 cm³/mol. The number of para-hydroxylation sites is 2. The van der Waals surface area contributed by atoms with Crippen LogP contribution in [0.25, 0.3) is 111 Å². The van der Waals surface area contributed by atoms with E-state index in [9.17, 15) is 0 Å². The van der Waals surface area contributed by atoms with Crippen molar-refractivity contribution in [2.24, 2.45) is 0 Å². The van der Waals surface area contributed by atoms with Gasteiger partial charge in [0, 0.05) is 38.4 Å². The van der Waals surface area contributed by atoms with Gasteiger partial charge < -0.3 is 4.42 Å². The highest BCUT2D eigenvalue weighted by atomic mass is 16.3. The van der Waals surface area contributed by atoms with Crippen LogP contribution in [0, 0.1) is 0 Å². The van der Waals surface area contributed by atoms with Gasteiger partial charge in [-0.25, -0.2) is 19.9 Å². The van der Waals surface area contributed by atoms with E-state index in [1.54, 1.807) is 0 Å². The summed E-state index contributed by atoms with van der Waals surface area (Å²) < 4.78 is 6.39. The number of furan rings is 1. The lowest BCUT2D eigenvalue weighted by atomic mass is 9.92. The Bertz CT molecular complexity index is 3280. The van der Waals surface area contributed by atoms with Crippen molar-refractivity contribution >= 4 is 43.6 Å². The lowest BCUT2D eigenvalue weighted by Gasteiger charge is -2.14. The SMILES string of the molecule is c1ccc(-c2cc(-c3ccc(-c4ccc(-c5cc6c(oc7ccccc76)c(-c6ccccc6)n5)cc4)c4ccccc34)nc(-c3ccc4ccccc4n3)n2)cc1. The lowest BCUT2D eigenvalue weighted by molar-refractivity contribution is 0.668. The first kappa shape index (κ1) is 32.7. The van der Waals surface area contributed by atoms with E-state index in [2.05, 4.69) is 121 Å². The van der Waals surface area contributed by atoms with Crippen molar-refractivity contribution < 1.29 is 4.42 Å². The number of pyridine rings is 2. The van der Waals surface area contributed by atoms with Crippen molar-refractivity contribution in [3.63, 3.8) is 0 Å². The zero-order valence-electron chi connectivity index (χ0n) is 30.7. The first-order chi connectivity index (χ1) is 28.2. The molecule has 0 amide bonds. The molecule has 0 bridgehead atoms. The number of nitrogens with zero attached hydrogens (tertiary/aromatic N) is 4. The summed E-state index contributed by atoms with van der Waals surface area (Å²) in [6.45, 7) is 0. The van der Waals surface area contributed by atoms with Crippen LogP contribution in [0.4, 0.5) is 0 Å². The Balaban J connectivity index is 1.02. The Morgan fingerprint density at radius 1 is 0.333 bits per heavy atom. The Morgan fingerprint density at radius 3 is 1.74 bits per heavy atom. The first-order valence-corrected chi connectivity index (χ1v) is 19.0. The van der Waals surface area contributed by atoms with Crippen LogP contribution in [0.2, 0.25) is 0 Å². The molecule has 0 aliphatic rings. The molecule has 0 atom stereocenters. The first-order valence-electron chi connectivity index (χ1n) is 19.0. The maximum Gasteiger partial charge on any atom is 0.179 e. The minimum Gasteiger partial charge on any atom is -0.454 e. The van der Waals surface area contributed by atoms with Crippen LogP contribution in [0.5, 0.6) is 0 Å². The number of rotatable bonds is 6. The Labute approximate surface area is 328 Å². The summed E-state index contributed by atoms with van der Waals surface area (Å²) in [7, 11) is 0. The highest BCUT2D eigenvalue weighted by molar-refractivity contribution is 6.10. The van der Waals surface area contributed by atoms with Gasteiger partial charge in [0.15, 0.2) is 11.4 Å². The molecule has 266 valence electrons. The third-order valence-corrected chi connectivity index (χ3v) is 10.7. The van der Waals surface area contributed by atoms with Gasteiger partial charge in [-0.1, -0.05) is 164 Å². The minimum atomic E-state index is 0.589. The number of benzene rings is 7. The summed E-state index contributed by atoms with van der Waals surface area (Å²) in [5, 5.41) is 5.47. The highest BCUT2D eigenvalue weighted by Gasteiger charge is 2.18. The molecule has 11 rings (SSSR count). The second-order valence-corrected chi connectivity index (χ2v) is 14.2. The van der Waals surface area contributed by atoms with Crippen molar-refractivity contribution in [2.75, 3.05) is 0 Å². The molecule has 7 aromatic carbocycles. The second-order valence-electron chi connectivity index (χ2n) is 14.2. The minimum absolute atomic E-state index is 0.589. The van der Waals surface area contributed by atoms with Gasteiger partial charge in [0.25, 0.3) is 0 Å². The highest BCUT2D eigenvalue weighted by Crippen LogP contribution is 2.40. The third kappa shape index (κ3) is 5.81. The van der Waals surface area contributed by atoms with E-state index in [1.807, 2.05) is 72.8 Å². The Morgan fingerprint density at radius 2 is 0.930 bits per heavy atom. The van der Waals surface area contributed by atoms with Crippen molar-refractivity contribution in [1.29, 1.82) is 0 Å². The fourth-order valence-electron chi connectivity index (χ4n) is 7.91. The summed E-state index contributed by atoms with van der Waals surface area (Å²) in [6.07, 6.45) is 0. The maximum atomic E-state index is 6.39. The van der Waals surface area contributed by atoms with Gasteiger partial charge >= 0.3 is 0 Å². The molecule has 0 aliphatic heterocycles. The van der Waals surface area contributed by atoms with Gasteiger partial charge in [0.1, 0.15) is 17.0 Å². The lowest BCUT2D eigenvalue weighted by Crippen LogP contribution is -1.98. The summed E-state index contributed by atoms with van der Waals surface area (Å²) in [5.41, 5.74) is 13.1. The van der Waals surface area contributed by atoms with E-state index < -0.39 is 0 Å². The zero-order valence-corrected chi connectivity index (χ0v) is 30.7. The molecule has 5 nitrogen and oxygen atoms in total. The fraction of sp³-hybridized carbons (Fsp3) is 0. The van der Waals surface area contributed by atoms with Crippen LogP contribution in [-0.2, 0) is 0 Å². The quantitative estimate of drug-likeness (QED) is 0.171. The fourth-order valence-corrected chi connectivity index (χ4v) is 7.91. The molecule has 4 heterocycles. The molecule has 0 spiro atoms. The molecule has 57 heavy (non-hydrogen) atoms. The molecule has 0 saturated carbocycles. The van der Waals surface area contributed by atoms with E-state index in [4.69, 9.17) is 24.4 Å². The van der Waals surface area contributed by atoms with Crippen LogP contribution in [0.3, 0.4) is 0 Å². The van der Waals surface area contributed by atoms with Crippen LogP contribution in [-0.4, -0.2) is 19.9 Å². The second kappa shape index (κ2) is 13.5. The number of hydrogen-bond donors (Lipinski definition) is 0. The smallest absolute Gasteiger partial charge is 0.179 e. The Hall–Kier alpha value is -7.76. The largest absolute Gasteiger partial charge is 0.454 e. The maximum absolute atomic E-state index is 6.39. The summed E-state index contributed by atoms with van der Waals surface area (Å²) in [6, 6.07) is 66.9. The van der Waals surface area contributed by atoms with Crippen molar-refractivity contribution in [3.05, 3.63) is 194 Å². The molecular formula is C52H32N4O. The van der Waals surface area contributed by atoms with E-state index >= 15 is 0 Å². The average Bonchev–Trinajstić information content (AvgIpc) is 3.67. The van der Waals surface area contributed by atoms with E-state index in [0.717, 1.165) is 105 Å². The predicted octanol–water partition coefficient (Wildman–Crippen LogP) is 13.5. The van der Waals surface area contributed by atoms with Gasteiger partial charge in [-0.3, -0.25) is 0 Å². The Kier molecular flexibility index (Phi) is 7.74. The monoisotopic (exact) mass is 728 g/mol. The standard InChI is InChI=1S/C52H32N4O/c1-3-13-34(14-4-1)47-32-48(56-52(55-47)45-30-27-35-15-7-11-21-44(35)53-45)41-29-28-38(39-18-8-9-19-40(39)41)33-23-25-36(26-24-33)46-31-43-42-20-10-12-22-49(42)57-51(43)50(54-46)37-16-5-2-6-17-37/h1-32H. The molecule has 0 saturated heterocycles. The molecule has 0 unspecified atom stereocenters. The van der Waals surface area contributed by atoms with Gasteiger partial charge in [-0.15, -0.1) is 0 Å². The summed E-state index contributed by atoms with van der Waals surface area (Å²) >= 11 is 0. The number of hydrogen-bond acceptors (Lipinski definition) is 5. The molecule has 4 aromatic heterocycles. The molecule has 0 aliphatic carbocycles. The zero-order chi connectivity index (χ0) is 37.7. The molecule has 5 heteroatoms. The average molecular weight is 729 g/mol. The van der Waals surface area contributed by atoms with E-state index in [0.29, 0.717) is 5.82 Å².